The summed E-state index contributed by atoms with van der Waals surface area (Å²) in [6, 6.07) is 10.0. The van der Waals surface area contributed by atoms with Gasteiger partial charge in [0.25, 0.3) is 0 Å². The maximum atomic E-state index is 13.4. The minimum absolute atomic E-state index is 0.0371. The van der Waals surface area contributed by atoms with E-state index < -0.39 is 5.67 Å². The first kappa shape index (κ1) is 9.66. The van der Waals surface area contributed by atoms with Gasteiger partial charge in [-0.3, -0.25) is 0 Å². The van der Waals surface area contributed by atoms with Crippen molar-refractivity contribution in [2.75, 3.05) is 0 Å². The topological polar surface area (TPSA) is 26.0 Å². The normalized spacial score (nSPS) is 20.4. The van der Waals surface area contributed by atoms with Gasteiger partial charge < -0.3 is 5.73 Å². The van der Waals surface area contributed by atoms with Crippen LogP contribution in [0.25, 0.3) is 0 Å². The van der Waals surface area contributed by atoms with Gasteiger partial charge in [0.1, 0.15) is 5.67 Å². The number of alkyl halides is 1. The Bertz CT molecular complexity index is 292. The highest BCUT2D eigenvalue weighted by molar-refractivity contribution is 5.16. The van der Waals surface area contributed by atoms with Crippen molar-refractivity contribution in [3.8, 4) is 0 Å². The van der Waals surface area contributed by atoms with Crippen LogP contribution in [-0.4, -0.2) is 11.7 Å². The number of hydrogen-bond donors (Lipinski definition) is 1. The van der Waals surface area contributed by atoms with Crippen molar-refractivity contribution in [1.29, 1.82) is 0 Å². The van der Waals surface area contributed by atoms with E-state index in [-0.39, 0.29) is 6.04 Å². The van der Waals surface area contributed by atoms with Gasteiger partial charge in [-0.2, -0.15) is 0 Å². The van der Waals surface area contributed by atoms with Crippen LogP contribution < -0.4 is 5.73 Å². The third kappa shape index (κ3) is 2.55. The predicted octanol–water partition coefficient (Wildman–Crippen LogP) is 2.45. The van der Waals surface area contributed by atoms with Gasteiger partial charge >= 0.3 is 0 Å². The summed E-state index contributed by atoms with van der Waals surface area (Å²) in [7, 11) is 0. The molecule has 1 fully saturated rings. The summed E-state index contributed by atoms with van der Waals surface area (Å²) >= 11 is 0. The Morgan fingerprint density at radius 2 is 1.93 bits per heavy atom. The lowest BCUT2D eigenvalue weighted by molar-refractivity contribution is 0.270. The number of benzene rings is 1. The molecule has 1 aromatic rings. The van der Waals surface area contributed by atoms with Crippen LogP contribution in [0.5, 0.6) is 0 Å². The number of hydrogen-bond acceptors (Lipinski definition) is 1. The van der Waals surface area contributed by atoms with Gasteiger partial charge in [-0.15, -0.1) is 0 Å². The lowest BCUT2D eigenvalue weighted by Gasteiger charge is -2.13. The zero-order valence-corrected chi connectivity index (χ0v) is 8.25. The summed E-state index contributed by atoms with van der Waals surface area (Å²) < 4.78 is 13.4. The first-order valence-corrected chi connectivity index (χ1v) is 5.16. The summed E-state index contributed by atoms with van der Waals surface area (Å²) in [5.74, 6) is 0. The van der Waals surface area contributed by atoms with Crippen molar-refractivity contribution >= 4 is 0 Å². The quantitative estimate of drug-likeness (QED) is 0.781. The molecule has 1 nitrogen and oxygen atoms in total. The molecule has 0 aromatic heterocycles. The average molecular weight is 193 g/mol. The molecule has 1 atom stereocenters. The van der Waals surface area contributed by atoms with Crippen molar-refractivity contribution in [2.45, 2.75) is 37.4 Å². The largest absolute Gasteiger partial charge is 0.327 e. The lowest BCUT2D eigenvalue weighted by Crippen LogP contribution is -2.27. The first-order valence-electron chi connectivity index (χ1n) is 5.16. The first-order chi connectivity index (χ1) is 6.68. The highest BCUT2D eigenvalue weighted by Gasteiger charge is 2.43. The maximum Gasteiger partial charge on any atom is 0.112 e. The van der Waals surface area contributed by atoms with Crippen molar-refractivity contribution < 1.29 is 4.39 Å². The maximum absolute atomic E-state index is 13.4. The molecule has 0 saturated heterocycles. The van der Waals surface area contributed by atoms with E-state index in [1.54, 1.807) is 0 Å². The van der Waals surface area contributed by atoms with E-state index in [0.29, 0.717) is 19.3 Å². The third-order valence-electron chi connectivity index (χ3n) is 2.76. The van der Waals surface area contributed by atoms with Crippen molar-refractivity contribution in [2.24, 2.45) is 5.73 Å². The molecule has 0 aliphatic heterocycles. The van der Waals surface area contributed by atoms with E-state index >= 15 is 0 Å². The molecule has 2 rings (SSSR count). The Labute approximate surface area is 84.1 Å². The molecule has 1 unspecified atom stereocenters. The molecule has 1 aliphatic rings. The molecule has 1 aliphatic carbocycles. The predicted molar refractivity (Wildman–Crippen MR) is 55.8 cm³/mol. The second-order valence-corrected chi connectivity index (χ2v) is 4.30. The minimum atomic E-state index is -0.922. The Kier molecular flexibility index (Phi) is 2.55. The van der Waals surface area contributed by atoms with E-state index in [1.807, 2.05) is 30.3 Å². The molecule has 2 heteroatoms. The summed E-state index contributed by atoms with van der Waals surface area (Å²) in [5.41, 5.74) is 6.17. The van der Waals surface area contributed by atoms with Gasteiger partial charge in [0, 0.05) is 6.04 Å². The van der Waals surface area contributed by atoms with Crippen LogP contribution in [0.1, 0.15) is 24.8 Å². The minimum Gasteiger partial charge on any atom is -0.327 e. The summed E-state index contributed by atoms with van der Waals surface area (Å²) in [6.45, 7) is 0. The fourth-order valence-electron chi connectivity index (χ4n) is 1.80. The molecule has 2 N–H and O–H groups in total. The van der Waals surface area contributed by atoms with E-state index in [9.17, 15) is 4.39 Å². The Morgan fingerprint density at radius 1 is 1.29 bits per heavy atom. The van der Waals surface area contributed by atoms with Crippen LogP contribution in [0.3, 0.4) is 0 Å². The fraction of sp³-hybridized carbons (Fsp3) is 0.500. The van der Waals surface area contributed by atoms with Crippen molar-refractivity contribution in [1.82, 2.24) is 0 Å². The SMILES string of the molecule is NC(Cc1ccccc1)CC1(F)CC1. The van der Waals surface area contributed by atoms with Gasteiger partial charge in [-0.1, -0.05) is 30.3 Å². The summed E-state index contributed by atoms with van der Waals surface area (Å²) in [4.78, 5) is 0. The smallest absolute Gasteiger partial charge is 0.112 e. The highest BCUT2D eigenvalue weighted by Crippen LogP contribution is 2.43. The Morgan fingerprint density at radius 3 is 2.50 bits per heavy atom. The van der Waals surface area contributed by atoms with E-state index in [0.717, 1.165) is 6.42 Å². The molecule has 76 valence electrons. The van der Waals surface area contributed by atoms with E-state index in [4.69, 9.17) is 5.73 Å². The average Bonchev–Trinajstić information content (AvgIpc) is 2.84. The Hall–Kier alpha value is -0.890. The summed E-state index contributed by atoms with van der Waals surface area (Å²) in [6.07, 6.45) is 2.71. The van der Waals surface area contributed by atoms with Gasteiger partial charge in [0.15, 0.2) is 0 Å². The molecule has 0 radical (unpaired) electrons. The number of nitrogens with two attached hydrogens (primary N) is 1. The molecule has 0 spiro atoms. The van der Waals surface area contributed by atoms with Crippen LogP contribution in [-0.2, 0) is 6.42 Å². The monoisotopic (exact) mass is 193 g/mol. The standard InChI is InChI=1S/C12H16FN/c13-12(6-7-12)9-11(14)8-10-4-2-1-3-5-10/h1-5,11H,6-9,14H2. The van der Waals surface area contributed by atoms with Gasteiger partial charge in [0.2, 0.25) is 0 Å². The van der Waals surface area contributed by atoms with Crippen LogP contribution >= 0.6 is 0 Å². The van der Waals surface area contributed by atoms with Crippen molar-refractivity contribution in [3.05, 3.63) is 35.9 Å². The van der Waals surface area contributed by atoms with Crippen LogP contribution in [0.15, 0.2) is 30.3 Å². The molecular formula is C12H16FN. The third-order valence-corrected chi connectivity index (χ3v) is 2.76. The van der Waals surface area contributed by atoms with Crippen LogP contribution in [0.4, 0.5) is 4.39 Å². The molecule has 0 heterocycles. The van der Waals surface area contributed by atoms with E-state index in [1.165, 1.54) is 5.56 Å². The van der Waals surface area contributed by atoms with Gasteiger partial charge in [-0.05, 0) is 31.2 Å². The van der Waals surface area contributed by atoms with Crippen LogP contribution in [0.2, 0.25) is 0 Å². The summed E-state index contributed by atoms with van der Waals surface area (Å²) in [5, 5.41) is 0. The molecule has 0 bridgehead atoms. The fourth-order valence-corrected chi connectivity index (χ4v) is 1.80. The zero-order chi connectivity index (χ0) is 10.0. The molecule has 1 saturated carbocycles. The van der Waals surface area contributed by atoms with Crippen LogP contribution in [0, 0.1) is 0 Å². The number of halogens is 1. The molecule has 14 heavy (non-hydrogen) atoms. The molecule has 0 amide bonds. The molecule has 1 aromatic carbocycles. The Balaban J connectivity index is 1.85. The van der Waals surface area contributed by atoms with Gasteiger partial charge in [-0.25, -0.2) is 4.39 Å². The number of rotatable bonds is 4. The second kappa shape index (κ2) is 3.70. The lowest BCUT2D eigenvalue weighted by atomic mass is 10.0. The van der Waals surface area contributed by atoms with E-state index in [2.05, 4.69) is 0 Å². The molecular weight excluding hydrogens is 177 g/mol. The highest BCUT2D eigenvalue weighted by atomic mass is 19.1. The van der Waals surface area contributed by atoms with Crippen molar-refractivity contribution in [3.63, 3.8) is 0 Å². The van der Waals surface area contributed by atoms with Gasteiger partial charge in [0.05, 0.1) is 0 Å². The second-order valence-electron chi connectivity index (χ2n) is 4.30. The zero-order valence-electron chi connectivity index (χ0n) is 8.25.